The van der Waals surface area contributed by atoms with Gasteiger partial charge >= 0.3 is 0 Å². The van der Waals surface area contributed by atoms with Gasteiger partial charge < -0.3 is 10.3 Å². The number of hydrogen-bond acceptors (Lipinski definition) is 3. The average molecular weight is 271 g/mol. The molecule has 3 nitrogen and oxygen atoms in total. The van der Waals surface area contributed by atoms with E-state index in [9.17, 15) is 0 Å². The summed E-state index contributed by atoms with van der Waals surface area (Å²) in [6, 6.07) is 8.72. The highest BCUT2D eigenvalue weighted by molar-refractivity contribution is 7.09. The number of benzene rings is 1. The topological polar surface area (TPSA) is 43.8 Å². The summed E-state index contributed by atoms with van der Waals surface area (Å²) < 4.78 is 2.26. The molecule has 3 aromatic rings. The number of aryl methyl sites for hydroxylation is 1. The molecule has 19 heavy (non-hydrogen) atoms. The molecule has 98 valence electrons. The minimum atomic E-state index is 0.692. The lowest BCUT2D eigenvalue weighted by atomic mass is 10.1. The molecule has 0 spiro atoms. The molecule has 0 aliphatic rings. The summed E-state index contributed by atoms with van der Waals surface area (Å²) in [6.07, 6.45) is 3.06. The van der Waals surface area contributed by atoms with Crippen molar-refractivity contribution in [1.82, 2.24) is 9.55 Å². The Hall–Kier alpha value is -1.65. The van der Waals surface area contributed by atoms with Crippen LogP contribution in [0.3, 0.4) is 0 Å². The number of nitrogens with two attached hydrogens (primary N) is 1. The quantitative estimate of drug-likeness (QED) is 0.793. The van der Waals surface area contributed by atoms with Crippen LogP contribution >= 0.6 is 11.3 Å². The monoisotopic (exact) mass is 271 g/mol. The molecule has 0 unspecified atom stereocenters. The van der Waals surface area contributed by atoms with Crippen LogP contribution in [0.15, 0.2) is 35.8 Å². The first-order chi connectivity index (χ1) is 9.26. The minimum absolute atomic E-state index is 0.692. The van der Waals surface area contributed by atoms with Crippen LogP contribution in [0.2, 0.25) is 0 Å². The largest absolute Gasteiger partial charge is 0.341 e. The molecule has 0 radical (unpaired) electrons. The summed E-state index contributed by atoms with van der Waals surface area (Å²) in [5, 5.41) is 4.52. The summed E-state index contributed by atoms with van der Waals surface area (Å²) in [5.41, 5.74) is 9.29. The molecule has 0 amide bonds. The van der Waals surface area contributed by atoms with Crippen LogP contribution in [0.1, 0.15) is 16.3 Å². The van der Waals surface area contributed by atoms with Gasteiger partial charge in [-0.05, 0) is 43.0 Å². The third-order valence-electron chi connectivity index (χ3n) is 3.24. The molecule has 0 saturated carbocycles. The van der Waals surface area contributed by atoms with E-state index in [2.05, 4.69) is 45.4 Å². The smallest absolute Gasteiger partial charge is 0.113 e. The van der Waals surface area contributed by atoms with Crippen LogP contribution in [0.5, 0.6) is 0 Å². The number of nitrogens with zero attached hydrogens (tertiary/aromatic N) is 2. The lowest BCUT2D eigenvalue weighted by Crippen LogP contribution is -2.03. The molecule has 0 atom stereocenters. The van der Waals surface area contributed by atoms with Crippen LogP contribution in [0, 0.1) is 6.92 Å². The molecule has 0 saturated heterocycles. The second-order valence-corrected chi connectivity index (χ2v) is 5.70. The van der Waals surface area contributed by atoms with Crippen molar-refractivity contribution in [2.45, 2.75) is 19.9 Å². The third kappa shape index (κ3) is 2.55. The molecular formula is C15H17N3S. The molecular weight excluding hydrogens is 254 g/mol. The Morgan fingerprint density at radius 1 is 1.32 bits per heavy atom. The molecule has 2 N–H and O–H groups in total. The van der Waals surface area contributed by atoms with Gasteiger partial charge in [0.15, 0.2) is 0 Å². The van der Waals surface area contributed by atoms with Crippen molar-refractivity contribution < 1.29 is 0 Å². The SMILES string of the molecule is Cc1csc(Cn2ccc3ccc(CCN)cc32)n1. The minimum Gasteiger partial charge on any atom is -0.341 e. The van der Waals surface area contributed by atoms with Crippen molar-refractivity contribution in [2.75, 3.05) is 6.54 Å². The van der Waals surface area contributed by atoms with E-state index in [0.717, 1.165) is 23.7 Å². The Kier molecular flexibility index (Phi) is 3.36. The van der Waals surface area contributed by atoms with Crippen molar-refractivity contribution in [3.05, 3.63) is 52.1 Å². The van der Waals surface area contributed by atoms with E-state index in [0.29, 0.717) is 6.54 Å². The van der Waals surface area contributed by atoms with Crippen LogP contribution in [0.4, 0.5) is 0 Å². The fourth-order valence-electron chi connectivity index (χ4n) is 2.31. The maximum absolute atomic E-state index is 5.63. The lowest BCUT2D eigenvalue weighted by molar-refractivity contribution is 0.823. The standard InChI is InChI=1S/C15H17N3S/c1-11-10-19-15(17-11)9-18-7-5-13-3-2-12(4-6-16)8-14(13)18/h2-3,5,7-8,10H,4,6,9,16H2,1H3. The van der Waals surface area contributed by atoms with E-state index < -0.39 is 0 Å². The summed E-state index contributed by atoms with van der Waals surface area (Å²) in [6.45, 7) is 3.57. The van der Waals surface area contributed by atoms with Crippen LogP contribution in [-0.2, 0) is 13.0 Å². The highest BCUT2D eigenvalue weighted by Crippen LogP contribution is 2.20. The van der Waals surface area contributed by atoms with Gasteiger partial charge in [-0.2, -0.15) is 0 Å². The Morgan fingerprint density at radius 2 is 2.21 bits per heavy atom. The maximum Gasteiger partial charge on any atom is 0.113 e. The van der Waals surface area contributed by atoms with Crippen molar-refractivity contribution in [3.8, 4) is 0 Å². The molecule has 2 heterocycles. The Morgan fingerprint density at radius 3 is 2.95 bits per heavy atom. The van der Waals surface area contributed by atoms with E-state index in [1.165, 1.54) is 16.5 Å². The Bertz CT molecular complexity index is 696. The molecule has 2 aromatic heterocycles. The fourth-order valence-corrected chi connectivity index (χ4v) is 3.08. The zero-order valence-corrected chi connectivity index (χ0v) is 11.8. The molecule has 0 bridgehead atoms. The van der Waals surface area contributed by atoms with E-state index in [1.54, 1.807) is 11.3 Å². The normalized spacial score (nSPS) is 11.3. The fraction of sp³-hybridized carbons (Fsp3) is 0.267. The average Bonchev–Trinajstić information content (AvgIpc) is 2.98. The molecule has 0 fully saturated rings. The van der Waals surface area contributed by atoms with Crippen LogP contribution in [0.25, 0.3) is 10.9 Å². The molecule has 0 aliphatic carbocycles. The van der Waals surface area contributed by atoms with E-state index >= 15 is 0 Å². The first-order valence-electron chi connectivity index (χ1n) is 6.45. The summed E-state index contributed by atoms with van der Waals surface area (Å²) in [5.74, 6) is 0. The van der Waals surface area contributed by atoms with Gasteiger partial charge in [-0.25, -0.2) is 4.98 Å². The Labute approximate surface area is 116 Å². The number of fused-ring (bicyclic) bond motifs is 1. The van der Waals surface area contributed by atoms with Gasteiger partial charge in [0.2, 0.25) is 0 Å². The van der Waals surface area contributed by atoms with Gasteiger partial charge in [-0.3, -0.25) is 0 Å². The third-order valence-corrected chi connectivity index (χ3v) is 4.19. The van der Waals surface area contributed by atoms with E-state index in [-0.39, 0.29) is 0 Å². The summed E-state index contributed by atoms with van der Waals surface area (Å²) in [4.78, 5) is 4.53. The highest BCUT2D eigenvalue weighted by Gasteiger charge is 2.05. The lowest BCUT2D eigenvalue weighted by Gasteiger charge is -2.05. The van der Waals surface area contributed by atoms with Crippen molar-refractivity contribution in [1.29, 1.82) is 0 Å². The van der Waals surface area contributed by atoms with Gasteiger partial charge in [0, 0.05) is 22.8 Å². The second kappa shape index (κ2) is 5.15. The Balaban J connectivity index is 1.96. The summed E-state index contributed by atoms with van der Waals surface area (Å²) >= 11 is 1.72. The van der Waals surface area contributed by atoms with Crippen molar-refractivity contribution >= 4 is 22.2 Å². The highest BCUT2D eigenvalue weighted by atomic mass is 32.1. The number of thiazole rings is 1. The van der Waals surface area contributed by atoms with Gasteiger partial charge in [-0.15, -0.1) is 11.3 Å². The molecule has 4 heteroatoms. The predicted octanol–water partition coefficient (Wildman–Crippen LogP) is 2.96. The predicted molar refractivity (Wildman–Crippen MR) is 80.6 cm³/mol. The number of aromatic nitrogens is 2. The number of hydrogen-bond donors (Lipinski definition) is 1. The summed E-state index contributed by atoms with van der Waals surface area (Å²) in [7, 11) is 0. The van der Waals surface area contributed by atoms with Crippen LogP contribution < -0.4 is 5.73 Å². The van der Waals surface area contributed by atoms with Crippen molar-refractivity contribution in [3.63, 3.8) is 0 Å². The van der Waals surface area contributed by atoms with Crippen LogP contribution in [-0.4, -0.2) is 16.1 Å². The van der Waals surface area contributed by atoms with Gasteiger partial charge in [0.05, 0.1) is 6.54 Å². The number of rotatable bonds is 4. The van der Waals surface area contributed by atoms with E-state index in [4.69, 9.17) is 5.73 Å². The molecule has 1 aromatic carbocycles. The first kappa shape index (κ1) is 12.4. The zero-order valence-electron chi connectivity index (χ0n) is 11.0. The van der Waals surface area contributed by atoms with Gasteiger partial charge in [-0.1, -0.05) is 12.1 Å². The first-order valence-corrected chi connectivity index (χ1v) is 7.33. The van der Waals surface area contributed by atoms with Gasteiger partial charge in [0.1, 0.15) is 5.01 Å². The van der Waals surface area contributed by atoms with Gasteiger partial charge in [0.25, 0.3) is 0 Å². The molecule has 3 rings (SSSR count). The second-order valence-electron chi connectivity index (χ2n) is 4.76. The van der Waals surface area contributed by atoms with E-state index in [1.807, 2.05) is 6.92 Å². The zero-order chi connectivity index (χ0) is 13.2. The molecule has 0 aliphatic heterocycles. The maximum atomic E-state index is 5.63. The van der Waals surface area contributed by atoms with Crippen molar-refractivity contribution in [2.24, 2.45) is 5.73 Å².